The summed E-state index contributed by atoms with van der Waals surface area (Å²) in [5.41, 5.74) is 1.76. The Hall–Kier alpha value is -2.71. The van der Waals surface area contributed by atoms with Gasteiger partial charge in [-0.25, -0.2) is 9.97 Å². The summed E-state index contributed by atoms with van der Waals surface area (Å²) in [5, 5.41) is 6.13. The van der Waals surface area contributed by atoms with Crippen molar-refractivity contribution in [2.45, 2.75) is 25.3 Å². The van der Waals surface area contributed by atoms with Gasteiger partial charge in [-0.3, -0.25) is 9.69 Å². The van der Waals surface area contributed by atoms with Gasteiger partial charge in [-0.2, -0.15) is 0 Å². The summed E-state index contributed by atoms with van der Waals surface area (Å²) in [6.07, 6.45) is 2.06. The number of nitrogens with zero attached hydrogens (tertiary/aromatic N) is 4. The molecule has 1 amide bonds. The molecule has 8 heteroatoms. The molecule has 0 saturated carbocycles. The molecular formula is C22H32N6O2. The van der Waals surface area contributed by atoms with Gasteiger partial charge in [-0.15, -0.1) is 0 Å². The van der Waals surface area contributed by atoms with E-state index in [1.807, 2.05) is 56.4 Å². The van der Waals surface area contributed by atoms with E-state index in [4.69, 9.17) is 14.7 Å². The molecule has 2 heterocycles. The fourth-order valence-electron chi connectivity index (χ4n) is 3.67. The maximum absolute atomic E-state index is 12.5. The number of aromatic nitrogens is 2. The zero-order valence-electron chi connectivity index (χ0n) is 18.3. The van der Waals surface area contributed by atoms with E-state index in [9.17, 15) is 4.79 Å². The number of hydrogen-bond acceptors (Lipinski definition) is 7. The summed E-state index contributed by atoms with van der Waals surface area (Å²) in [6, 6.07) is 9.39. The van der Waals surface area contributed by atoms with Crippen molar-refractivity contribution in [2.24, 2.45) is 0 Å². The van der Waals surface area contributed by atoms with Crippen LogP contribution in [0.5, 0.6) is 5.75 Å². The van der Waals surface area contributed by atoms with Crippen LogP contribution in [-0.4, -0.2) is 68.7 Å². The number of likely N-dealkylation sites (tertiary alicyclic amines) is 1. The third kappa shape index (κ3) is 5.90. The van der Waals surface area contributed by atoms with Crippen molar-refractivity contribution in [2.75, 3.05) is 58.1 Å². The van der Waals surface area contributed by atoms with Gasteiger partial charge >= 0.3 is 0 Å². The Balaban J connectivity index is 1.63. The molecule has 0 radical (unpaired) electrons. The number of methoxy groups -OCH3 is 1. The first-order valence-corrected chi connectivity index (χ1v) is 10.3. The van der Waals surface area contributed by atoms with Crippen LogP contribution in [0, 0.1) is 0 Å². The van der Waals surface area contributed by atoms with Crippen molar-refractivity contribution >= 4 is 17.4 Å². The topological polar surface area (TPSA) is 82.6 Å². The fourth-order valence-corrected chi connectivity index (χ4v) is 3.67. The first-order chi connectivity index (χ1) is 14.5. The summed E-state index contributed by atoms with van der Waals surface area (Å²) in [6.45, 7) is 2.76. The standard InChI is InChI=1S/C22H32N6O2/c1-23-13-18-12-20(27(2)3)26-22(25-18)16-6-5-11-28(14-16)15-21(29)24-17-7-9-19(30-4)10-8-17/h7-10,12,16,23H,5-6,11,13-15H2,1-4H3,(H,24,29)/t16-/m1/s1. The molecule has 1 fully saturated rings. The molecule has 1 aliphatic rings. The number of piperidine rings is 1. The van der Waals surface area contributed by atoms with Crippen molar-refractivity contribution in [3.63, 3.8) is 0 Å². The molecule has 0 unspecified atom stereocenters. The van der Waals surface area contributed by atoms with Gasteiger partial charge in [-0.05, 0) is 50.7 Å². The highest BCUT2D eigenvalue weighted by molar-refractivity contribution is 5.92. The average molecular weight is 413 g/mol. The second kappa shape index (κ2) is 10.4. The molecule has 2 N–H and O–H groups in total. The van der Waals surface area contributed by atoms with Gasteiger partial charge in [0.1, 0.15) is 17.4 Å². The van der Waals surface area contributed by atoms with Gasteiger partial charge in [0, 0.05) is 44.9 Å². The van der Waals surface area contributed by atoms with Crippen LogP contribution in [0.1, 0.15) is 30.3 Å². The number of nitrogens with one attached hydrogen (secondary N) is 2. The lowest BCUT2D eigenvalue weighted by molar-refractivity contribution is -0.117. The molecular weight excluding hydrogens is 380 g/mol. The maximum atomic E-state index is 12.5. The minimum atomic E-state index is -0.0142. The Morgan fingerprint density at radius 3 is 2.70 bits per heavy atom. The maximum Gasteiger partial charge on any atom is 0.238 e. The van der Waals surface area contributed by atoms with E-state index in [0.717, 1.165) is 54.7 Å². The second-order valence-corrected chi connectivity index (χ2v) is 7.85. The van der Waals surface area contributed by atoms with E-state index in [-0.39, 0.29) is 11.8 Å². The normalized spacial score (nSPS) is 16.9. The van der Waals surface area contributed by atoms with Crippen molar-refractivity contribution in [1.82, 2.24) is 20.2 Å². The zero-order valence-corrected chi connectivity index (χ0v) is 18.3. The first kappa shape index (κ1) is 22.0. The Morgan fingerprint density at radius 2 is 2.03 bits per heavy atom. The smallest absolute Gasteiger partial charge is 0.238 e. The number of amides is 1. The van der Waals surface area contributed by atoms with E-state index in [2.05, 4.69) is 15.5 Å². The van der Waals surface area contributed by atoms with Crippen molar-refractivity contribution < 1.29 is 9.53 Å². The Labute approximate surface area is 178 Å². The Bertz CT molecular complexity index is 840. The lowest BCUT2D eigenvalue weighted by Crippen LogP contribution is -2.40. The molecule has 3 rings (SSSR count). The predicted molar refractivity (Wildman–Crippen MR) is 119 cm³/mol. The lowest BCUT2D eigenvalue weighted by atomic mass is 9.97. The van der Waals surface area contributed by atoms with Gasteiger partial charge < -0.3 is 20.3 Å². The average Bonchev–Trinajstić information content (AvgIpc) is 2.74. The minimum Gasteiger partial charge on any atom is -0.497 e. The minimum absolute atomic E-state index is 0.0142. The van der Waals surface area contributed by atoms with Crippen molar-refractivity contribution in [3.8, 4) is 5.75 Å². The molecule has 0 aliphatic carbocycles. The Kier molecular flexibility index (Phi) is 7.59. The third-order valence-corrected chi connectivity index (χ3v) is 5.21. The SMILES string of the molecule is CNCc1cc(N(C)C)nc([C@@H]2CCCN(CC(=O)Nc3ccc(OC)cc3)C2)n1. The number of carbonyl (C=O) groups is 1. The highest BCUT2D eigenvalue weighted by Crippen LogP contribution is 2.26. The van der Waals surface area contributed by atoms with Crippen LogP contribution in [0.3, 0.4) is 0 Å². The summed E-state index contributed by atoms with van der Waals surface area (Å²) < 4.78 is 5.16. The number of hydrogen-bond donors (Lipinski definition) is 2. The molecule has 2 aromatic rings. The van der Waals surface area contributed by atoms with Crippen LogP contribution < -0.4 is 20.3 Å². The molecule has 1 aromatic carbocycles. The molecule has 1 atom stereocenters. The highest BCUT2D eigenvalue weighted by atomic mass is 16.5. The number of benzene rings is 1. The summed E-state index contributed by atoms with van der Waals surface area (Å²) in [4.78, 5) is 26.3. The van der Waals surface area contributed by atoms with E-state index < -0.39 is 0 Å². The summed E-state index contributed by atoms with van der Waals surface area (Å²) >= 11 is 0. The molecule has 162 valence electrons. The van der Waals surface area contributed by atoms with E-state index in [1.54, 1.807) is 7.11 Å². The fraction of sp³-hybridized carbons (Fsp3) is 0.500. The second-order valence-electron chi connectivity index (χ2n) is 7.85. The van der Waals surface area contributed by atoms with Crippen LogP contribution >= 0.6 is 0 Å². The molecule has 30 heavy (non-hydrogen) atoms. The molecule has 0 bridgehead atoms. The number of anilines is 2. The largest absolute Gasteiger partial charge is 0.497 e. The Morgan fingerprint density at radius 1 is 1.27 bits per heavy atom. The first-order valence-electron chi connectivity index (χ1n) is 10.3. The van der Waals surface area contributed by atoms with Gasteiger partial charge in [0.2, 0.25) is 5.91 Å². The van der Waals surface area contributed by atoms with Gasteiger partial charge in [0.15, 0.2) is 0 Å². The van der Waals surface area contributed by atoms with Crippen LogP contribution in [0.2, 0.25) is 0 Å². The molecule has 1 saturated heterocycles. The summed E-state index contributed by atoms with van der Waals surface area (Å²) in [5.74, 6) is 2.76. The highest BCUT2D eigenvalue weighted by Gasteiger charge is 2.25. The van der Waals surface area contributed by atoms with Gasteiger partial charge in [0.05, 0.1) is 19.3 Å². The van der Waals surface area contributed by atoms with Crippen LogP contribution in [0.4, 0.5) is 11.5 Å². The van der Waals surface area contributed by atoms with Crippen LogP contribution in [-0.2, 0) is 11.3 Å². The zero-order chi connectivity index (χ0) is 21.5. The van der Waals surface area contributed by atoms with E-state index in [1.165, 1.54) is 0 Å². The number of carbonyl (C=O) groups excluding carboxylic acids is 1. The van der Waals surface area contributed by atoms with Crippen molar-refractivity contribution in [3.05, 3.63) is 41.9 Å². The molecule has 8 nitrogen and oxygen atoms in total. The summed E-state index contributed by atoms with van der Waals surface area (Å²) in [7, 11) is 7.53. The number of rotatable bonds is 8. The van der Waals surface area contributed by atoms with Crippen LogP contribution in [0.25, 0.3) is 0 Å². The third-order valence-electron chi connectivity index (χ3n) is 5.21. The van der Waals surface area contributed by atoms with Crippen LogP contribution in [0.15, 0.2) is 30.3 Å². The van der Waals surface area contributed by atoms with E-state index >= 15 is 0 Å². The van der Waals surface area contributed by atoms with Crippen molar-refractivity contribution in [1.29, 1.82) is 0 Å². The number of ether oxygens (including phenoxy) is 1. The van der Waals surface area contributed by atoms with E-state index in [0.29, 0.717) is 13.1 Å². The molecule has 0 spiro atoms. The van der Waals surface area contributed by atoms with Gasteiger partial charge in [0.25, 0.3) is 0 Å². The lowest BCUT2D eigenvalue weighted by Gasteiger charge is -2.31. The molecule has 1 aliphatic heterocycles. The van der Waals surface area contributed by atoms with Gasteiger partial charge in [-0.1, -0.05) is 0 Å². The quantitative estimate of drug-likeness (QED) is 0.687. The predicted octanol–water partition coefficient (Wildman–Crippen LogP) is 2.09. The monoisotopic (exact) mass is 412 g/mol. The molecule has 1 aromatic heterocycles.